The molecule has 4 N–H and O–H groups in total. The number of nitriles is 2. The maximum atomic E-state index is 9.17. The zero-order chi connectivity index (χ0) is 14.4. The molecule has 0 bridgehead atoms. The number of aliphatic imine (C=N–C) groups is 1. The number of aromatic nitrogens is 1. The van der Waals surface area contributed by atoms with Crippen LogP contribution in [0.5, 0.6) is 0 Å². The number of nitrogens with two attached hydrogens (primary N) is 2. The molecule has 0 radical (unpaired) electrons. The molecule has 0 amide bonds. The Bertz CT molecular complexity index is 589. The van der Waals surface area contributed by atoms with Crippen LogP contribution in [0.25, 0.3) is 0 Å². The van der Waals surface area contributed by atoms with Crippen LogP contribution in [-0.4, -0.2) is 17.9 Å². The molecule has 6 heteroatoms. The van der Waals surface area contributed by atoms with Crippen LogP contribution >= 0.6 is 0 Å². The van der Waals surface area contributed by atoms with Crippen LogP contribution < -0.4 is 11.5 Å². The molecule has 0 aliphatic rings. The molecular formula is C13H16N6. The molecule has 0 aliphatic heterocycles. The van der Waals surface area contributed by atoms with Crippen LogP contribution in [-0.2, 0) is 12.8 Å². The van der Waals surface area contributed by atoms with Crippen molar-refractivity contribution in [1.82, 2.24) is 4.98 Å². The van der Waals surface area contributed by atoms with Gasteiger partial charge < -0.3 is 11.5 Å². The Hall–Kier alpha value is -2.60. The largest absolute Gasteiger partial charge is 0.397 e. The molecule has 1 aromatic heterocycles. The Morgan fingerprint density at radius 3 is 2.53 bits per heavy atom. The fourth-order valence-electron chi connectivity index (χ4n) is 1.85. The third-order valence-electron chi connectivity index (χ3n) is 2.73. The van der Waals surface area contributed by atoms with E-state index in [-0.39, 0.29) is 23.5 Å². The lowest BCUT2D eigenvalue weighted by Crippen LogP contribution is -2.21. The molecule has 1 heterocycles. The molecular weight excluding hydrogens is 240 g/mol. The predicted octanol–water partition coefficient (Wildman–Crippen LogP) is 0.889. The minimum atomic E-state index is 0.0489. The second-order valence-electron chi connectivity index (χ2n) is 3.97. The van der Waals surface area contributed by atoms with Gasteiger partial charge in [-0.2, -0.15) is 10.5 Å². The van der Waals surface area contributed by atoms with E-state index in [1.807, 2.05) is 19.1 Å². The van der Waals surface area contributed by atoms with Crippen molar-refractivity contribution < 1.29 is 0 Å². The summed E-state index contributed by atoms with van der Waals surface area (Å²) in [6.45, 7) is 2.00. The highest BCUT2D eigenvalue weighted by molar-refractivity contribution is 6.04. The third kappa shape index (κ3) is 2.80. The van der Waals surface area contributed by atoms with Crippen LogP contribution in [0.2, 0.25) is 0 Å². The van der Waals surface area contributed by atoms with Gasteiger partial charge in [0, 0.05) is 7.05 Å². The molecule has 0 aliphatic carbocycles. The SMILES string of the molecule is CCCc1nc(CC#N)c(C#N)c(N)c1C(N)=NC. The fourth-order valence-corrected chi connectivity index (χ4v) is 1.85. The molecule has 0 spiro atoms. The summed E-state index contributed by atoms with van der Waals surface area (Å²) in [6, 6.07) is 3.98. The number of hydrogen-bond acceptors (Lipinski definition) is 5. The number of anilines is 1. The third-order valence-corrected chi connectivity index (χ3v) is 2.73. The molecule has 0 unspecified atom stereocenters. The minimum absolute atomic E-state index is 0.0489. The molecule has 0 aromatic carbocycles. The molecule has 6 nitrogen and oxygen atoms in total. The Balaban J connectivity index is 3.63. The van der Waals surface area contributed by atoms with Gasteiger partial charge in [-0.3, -0.25) is 9.98 Å². The first-order valence-electron chi connectivity index (χ1n) is 5.91. The average molecular weight is 256 g/mol. The maximum absolute atomic E-state index is 9.17. The summed E-state index contributed by atoms with van der Waals surface area (Å²) in [5.74, 6) is 0.258. The summed E-state index contributed by atoms with van der Waals surface area (Å²) in [5.41, 5.74) is 13.9. The van der Waals surface area contributed by atoms with Crippen LogP contribution in [0.4, 0.5) is 5.69 Å². The number of nitrogens with zero attached hydrogens (tertiary/aromatic N) is 4. The number of rotatable bonds is 4. The van der Waals surface area contributed by atoms with E-state index in [1.165, 1.54) is 0 Å². The molecule has 0 fully saturated rings. The maximum Gasteiger partial charge on any atom is 0.129 e. The van der Waals surface area contributed by atoms with Gasteiger partial charge in [-0.05, 0) is 6.42 Å². The van der Waals surface area contributed by atoms with Gasteiger partial charge in [-0.15, -0.1) is 0 Å². The first-order chi connectivity index (χ1) is 9.10. The highest BCUT2D eigenvalue weighted by Crippen LogP contribution is 2.24. The zero-order valence-electron chi connectivity index (χ0n) is 11.1. The van der Waals surface area contributed by atoms with E-state index in [0.29, 0.717) is 23.4 Å². The lowest BCUT2D eigenvalue weighted by atomic mass is 10.00. The monoisotopic (exact) mass is 256 g/mol. The van der Waals surface area contributed by atoms with Crippen molar-refractivity contribution in [3.63, 3.8) is 0 Å². The Labute approximate surface area is 112 Å². The number of hydrogen-bond donors (Lipinski definition) is 2. The lowest BCUT2D eigenvalue weighted by molar-refractivity contribution is 0.865. The minimum Gasteiger partial charge on any atom is -0.397 e. The second kappa shape index (κ2) is 6.36. The molecule has 0 saturated heterocycles. The summed E-state index contributed by atoms with van der Waals surface area (Å²) in [6.07, 6.45) is 1.57. The highest BCUT2D eigenvalue weighted by atomic mass is 14.9. The quantitative estimate of drug-likeness (QED) is 0.611. The summed E-state index contributed by atoms with van der Waals surface area (Å²) < 4.78 is 0. The van der Waals surface area contributed by atoms with Gasteiger partial charge in [0.1, 0.15) is 11.9 Å². The van der Waals surface area contributed by atoms with Gasteiger partial charge in [0.15, 0.2) is 0 Å². The molecule has 1 rings (SSSR count). The first-order valence-corrected chi connectivity index (χ1v) is 5.91. The zero-order valence-corrected chi connectivity index (χ0v) is 11.1. The number of nitrogen functional groups attached to an aromatic ring is 1. The first kappa shape index (κ1) is 14.5. The van der Waals surface area contributed by atoms with Gasteiger partial charge in [0.2, 0.25) is 0 Å². The van der Waals surface area contributed by atoms with E-state index in [1.54, 1.807) is 7.05 Å². The molecule has 98 valence electrons. The smallest absolute Gasteiger partial charge is 0.129 e. The van der Waals surface area contributed by atoms with Gasteiger partial charge in [0.25, 0.3) is 0 Å². The van der Waals surface area contributed by atoms with Crippen molar-refractivity contribution in [2.75, 3.05) is 12.8 Å². The topological polar surface area (TPSA) is 125 Å². The summed E-state index contributed by atoms with van der Waals surface area (Å²) >= 11 is 0. The number of amidine groups is 1. The molecule has 19 heavy (non-hydrogen) atoms. The van der Waals surface area contributed by atoms with Gasteiger partial charge in [0.05, 0.1) is 40.7 Å². The van der Waals surface area contributed by atoms with Crippen molar-refractivity contribution in [1.29, 1.82) is 10.5 Å². The van der Waals surface area contributed by atoms with Crippen molar-refractivity contribution >= 4 is 11.5 Å². The van der Waals surface area contributed by atoms with Crippen LogP contribution in [0, 0.1) is 22.7 Å². The fraction of sp³-hybridized carbons (Fsp3) is 0.385. The van der Waals surface area contributed by atoms with E-state index in [9.17, 15) is 0 Å². The van der Waals surface area contributed by atoms with Gasteiger partial charge >= 0.3 is 0 Å². The van der Waals surface area contributed by atoms with E-state index >= 15 is 0 Å². The van der Waals surface area contributed by atoms with E-state index in [2.05, 4.69) is 9.98 Å². The predicted molar refractivity (Wildman–Crippen MR) is 73.3 cm³/mol. The van der Waals surface area contributed by atoms with Crippen molar-refractivity contribution in [3.05, 3.63) is 22.5 Å². The van der Waals surface area contributed by atoms with Gasteiger partial charge in [-0.25, -0.2) is 0 Å². The number of pyridine rings is 1. The van der Waals surface area contributed by atoms with Crippen LogP contribution in [0.1, 0.15) is 35.9 Å². The summed E-state index contributed by atoms with van der Waals surface area (Å²) in [4.78, 5) is 8.28. The summed E-state index contributed by atoms with van der Waals surface area (Å²) in [5, 5.41) is 18.0. The number of aryl methyl sites for hydroxylation is 1. The van der Waals surface area contributed by atoms with Crippen molar-refractivity contribution in [3.8, 4) is 12.1 Å². The van der Waals surface area contributed by atoms with E-state index in [4.69, 9.17) is 22.0 Å². The standard InChI is InChI=1S/C13H16N6/c1-3-4-10-11(13(17)18-2)12(16)8(7-15)9(19-10)5-6-14/h3-5H2,1-2H3,(H2,16,19)(H2,17,18). The second-order valence-corrected chi connectivity index (χ2v) is 3.97. The molecule has 0 saturated carbocycles. The summed E-state index contributed by atoms with van der Waals surface area (Å²) in [7, 11) is 1.56. The van der Waals surface area contributed by atoms with Gasteiger partial charge in [-0.1, -0.05) is 13.3 Å². The van der Waals surface area contributed by atoms with Crippen molar-refractivity contribution in [2.24, 2.45) is 10.7 Å². The Kier molecular flexibility index (Phi) is 4.84. The normalized spacial score (nSPS) is 10.8. The molecule has 0 atom stereocenters. The highest BCUT2D eigenvalue weighted by Gasteiger charge is 2.19. The Morgan fingerprint density at radius 2 is 2.05 bits per heavy atom. The van der Waals surface area contributed by atoms with E-state index < -0.39 is 0 Å². The van der Waals surface area contributed by atoms with E-state index in [0.717, 1.165) is 6.42 Å². The average Bonchev–Trinajstić information content (AvgIpc) is 2.39. The molecule has 1 aromatic rings. The van der Waals surface area contributed by atoms with Crippen molar-refractivity contribution in [2.45, 2.75) is 26.2 Å². The van der Waals surface area contributed by atoms with Crippen LogP contribution in [0.3, 0.4) is 0 Å². The Morgan fingerprint density at radius 1 is 1.37 bits per heavy atom. The lowest BCUT2D eigenvalue weighted by Gasteiger charge is -2.14. The van der Waals surface area contributed by atoms with Crippen LogP contribution in [0.15, 0.2) is 4.99 Å².